The van der Waals surface area contributed by atoms with Gasteiger partial charge in [-0.25, -0.2) is 4.68 Å². The van der Waals surface area contributed by atoms with E-state index in [0.29, 0.717) is 11.7 Å². The van der Waals surface area contributed by atoms with Crippen molar-refractivity contribution in [3.63, 3.8) is 0 Å². The summed E-state index contributed by atoms with van der Waals surface area (Å²) >= 11 is 0. The molecule has 4 aliphatic rings. The molecule has 3 aliphatic heterocycles. The first-order valence-corrected chi connectivity index (χ1v) is 15.3. The molecule has 2 bridgehead atoms. The predicted molar refractivity (Wildman–Crippen MR) is 166 cm³/mol. The number of carbonyl (C=O) groups is 1. The van der Waals surface area contributed by atoms with E-state index in [0.717, 1.165) is 48.6 Å². The van der Waals surface area contributed by atoms with E-state index in [9.17, 15) is 4.79 Å². The van der Waals surface area contributed by atoms with Crippen molar-refractivity contribution in [2.24, 2.45) is 0 Å². The summed E-state index contributed by atoms with van der Waals surface area (Å²) in [4.78, 5) is 23.4. The van der Waals surface area contributed by atoms with Gasteiger partial charge in [0.1, 0.15) is 0 Å². The molecule has 3 atom stereocenters. The summed E-state index contributed by atoms with van der Waals surface area (Å²) in [6, 6.07) is 18.5. The Bertz CT molecular complexity index is 1470. The highest BCUT2D eigenvalue weighted by atomic mass is 16.2. The quantitative estimate of drug-likeness (QED) is 0.407. The fourth-order valence-electron chi connectivity index (χ4n) is 7.82. The number of amides is 1. The van der Waals surface area contributed by atoms with Crippen LogP contribution in [0.4, 0.5) is 11.4 Å². The lowest BCUT2D eigenvalue weighted by atomic mass is 9.99. The molecule has 2 unspecified atom stereocenters. The zero-order valence-electron chi connectivity index (χ0n) is 24.9. The third-order valence-electron chi connectivity index (χ3n) is 10.1. The molecule has 1 amide bonds. The minimum Gasteiger partial charge on any atom is -0.359 e. The second kappa shape index (κ2) is 10.1. The lowest BCUT2D eigenvalue weighted by Gasteiger charge is -2.46. The fraction of sp³-hybridized carbons (Fsp3) is 0.471. The van der Waals surface area contributed by atoms with Gasteiger partial charge < -0.3 is 19.6 Å². The Balaban J connectivity index is 1.33. The van der Waals surface area contributed by atoms with Crippen molar-refractivity contribution in [2.45, 2.75) is 76.5 Å². The normalized spacial score (nSPS) is 24.8. The number of fused-ring (bicyclic) bond motifs is 3. The highest BCUT2D eigenvalue weighted by molar-refractivity contribution is 5.95. The second-order valence-corrected chi connectivity index (χ2v) is 12.8. The zero-order chi connectivity index (χ0) is 28.4. The number of aryl methyl sites for hydroxylation is 1. The van der Waals surface area contributed by atoms with Crippen molar-refractivity contribution in [3.05, 3.63) is 72.1 Å². The molecule has 0 radical (unpaired) electrons. The highest BCUT2D eigenvalue weighted by Crippen LogP contribution is 2.45. The SMILES string of the molecule is C=C1[C@@H](C)N(C2CCCC2)c2cc(-c3cc(C(=O)N4C5CCC4CN(C)C5)nn3-c3ccc(C)cc3)ccc2N1C. The van der Waals surface area contributed by atoms with Gasteiger partial charge in [0.25, 0.3) is 5.91 Å². The van der Waals surface area contributed by atoms with Crippen LogP contribution in [-0.2, 0) is 0 Å². The summed E-state index contributed by atoms with van der Waals surface area (Å²) in [6.45, 7) is 10.7. The number of nitrogens with zero attached hydrogens (tertiary/aromatic N) is 6. The Morgan fingerprint density at radius 2 is 1.56 bits per heavy atom. The van der Waals surface area contributed by atoms with Crippen LogP contribution in [0, 0.1) is 6.92 Å². The lowest BCUT2D eigenvalue weighted by molar-refractivity contribution is 0.0466. The second-order valence-electron chi connectivity index (χ2n) is 12.8. The maximum Gasteiger partial charge on any atom is 0.274 e. The van der Waals surface area contributed by atoms with Crippen molar-refractivity contribution < 1.29 is 4.79 Å². The number of hydrogen-bond donors (Lipinski definition) is 0. The van der Waals surface area contributed by atoms with E-state index >= 15 is 0 Å². The van der Waals surface area contributed by atoms with Crippen LogP contribution >= 0.6 is 0 Å². The number of anilines is 2. The van der Waals surface area contributed by atoms with Crippen molar-refractivity contribution >= 4 is 17.3 Å². The smallest absolute Gasteiger partial charge is 0.274 e. The van der Waals surface area contributed by atoms with E-state index in [1.54, 1.807) is 0 Å². The van der Waals surface area contributed by atoms with Gasteiger partial charge >= 0.3 is 0 Å². The molecule has 4 heterocycles. The maximum absolute atomic E-state index is 14.0. The van der Waals surface area contributed by atoms with Gasteiger partial charge in [0.2, 0.25) is 0 Å². The third kappa shape index (κ3) is 4.37. The first kappa shape index (κ1) is 26.3. The van der Waals surface area contributed by atoms with Crippen LogP contribution in [0.15, 0.2) is 60.8 Å². The van der Waals surface area contributed by atoms with E-state index < -0.39 is 0 Å². The zero-order valence-corrected chi connectivity index (χ0v) is 24.9. The van der Waals surface area contributed by atoms with E-state index in [2.05, 4.69) is 96.6 Å². The Kier molecular flexibility index (Phi) is 6.45. The van der Waals surface area contributed by atoms with Gasteiger partial charge in [-0.2, -0.15) is 5.10 Å². The molecule has 2 saturated heterocycles. The lowest BCUT2D eigenvalue weighted by Crippen LogP contribution is -2.54. The molecule has 7 rings (SSSR count). The molecule has 3 fully saturated rings. The topological polar surface area (TPSA) is 47.9 Å². The van der Waals surface area contributed by atoms with Gasteiger partial charge in [0.15, 0.2) is 5.69 Å². The van der Waals surface area contributed by atoms with Crippen LogP contribution in [0.5, 0.6) is 0 Å². The number of rotatable bonds is 4. The van der Waals surface area contributed by atoms with Crippen LogP contribution in [0.3, 0.4) is 0 Å². The number of likely N-dealkylation sites (N-methyl/N-ethyl adjacent to an activating group) is 2. The van der Waals surface area contributed by atoms with E-state index in [-0.39, 0.29) is 24.0 Å². The average molecular weight is 551 g/mol. The molecule has 2 aromatic carbocycles. The monoisotopic (exact) mass is 550 g/mol. The van der Waals surface area contributed by atoms with Crippen LogP contribution in [-0.4, -0.2) is 76.8 Å². The van der Waals surface area contributed by atoms with Gasteiger partial charge in [-0.05, 0) is 76.9 Å². The van der Waals surface area contributed by atoms with Gasteiger partial charge in [0, 0.05) is 49.5 Å². The maximum atomic E-state index is 14.0. The Morgan fingerprint density at radius 3 is 2.24 bits per heavy atom. The number of benzene rings is 2. The molecule has 214 valence electrons. The molecule has 1 saturated carbocycles. The highest BCUT2D eigenvalue weighted by Gasteiger charge is 2.43. The van der Waals surface area contributed by atoms with Crippen LogP contribution < -0.4 is 9.80 Å². The van der Waals surface area contributed by atoms with Gasteiger partial charge in [-0.3, -0.25) is 4.79 Å². The van der Waals surface area contributed by atoms with Crippen LogP contribution in [0.25, 0.3) is 16.9 Å². The summed E-state index contributed by atoms with van der Waals surface area (Å²) in [6.07, 6.45) is 7.16. The molecule has 0 spiro atoms. The van der Waals surface area contributed by atoms with Crippen LogP contribution in [0.2, 0.25) is 0 Å². The molecular weight excluding hydrogens is 508 g/mol. The molecule has 0 N–H and O–H groups in total. The molecule has 41 heavy (non-hydrogen) atoms. The molecule has 1 aliphatic carbocycles. The predicted octanol–water partition coefficient (Wildman–Crippen LogP) is 5.87. The van der Waals surface area contributed by atoms with Crippen molar-refractivity contribution in [2.75, 3.05) is 37.0 Å². The van der Waals surface area contributed by atoms with Crippen molar-refractivity contribution in [1.82, 2.24) is 19.6 Å². The number of carbonyl (C=O) groups excluding carboxylic acids is 1. The van der Waals surface area contributed by atoms with E-state index in [1.807, 2.05) is 10.7 Å². The first-order valence-electron chi connectivity index (χ1n) is 15.3. The van der Waals surface area contributed by atoms with Crippen molar-refractivity contribution in [1.29, 1.82) is 0 Å². The summed E-state index contributed by atoms with van der Waals surface area (Å²) in [5.74, 6) is 0.0629. The number of hydrogen-bond acceptors (Lipinski definition) is 5. The minimum atomic E-state index is 0.0629. The van der Waals surface area contributed by atoms with Crippen LogP contribution in [0.1, 0.15) is 61.5 Å². The largest absolute Gasteiger partial charge is 0.359 e. The first-order chi connectivity index (χ1) is 19.8. The molecule has 1 aromatic heterocycles. The summed E-state index contributed by atoms with van der Waals surface area (Å²) in [5.41, 5.74) is 8.30. The molecule has 7 nitrogen and oxygen atoms in total. The number of aromatic nitrogens is 2. The Labute approximate surface area is 244 Å². The minimum absolute atomic E-state index is 0.0629. The van der Waals surface area contributed by atoms with Crippen molar-refractivity contribution in [3.8, 4) is 16.9 Å². The van der Waals surface area contributed by atoms with Gasteiger partial charge in [0.05, 0.1) is 28.8 Å². The summed E-state index contributed by atoms with van der Waals surface area (Å²) < 4.78 is 1.97. The van der Waals surface area contributed by atoms with E-state index in [4.69, 9.17) is 5.10 Å². The Hall–Kier alpha value is -3.58. The third-order valence-corrected chi connectivity index (χ3v) is 10.1. The fourth-order valence-corrected chi connectivity index (χ4v) is 7.82. The summed E-state index contributed by atoms with van der Waals surface area (Å²) in [5, 5.41) is 5.00. The molecule has 7 heteroatoms. The van der Waals surface area contributed by atoms with E-state index in [1.165, 1.54) is 42.6 Å². The van der Waals surface area contributed by atoms with Gasteiger partial charge in [-0.15, -0.1) is 0 Å². The molecular formula is C34H42N6O. The Morgan fingerprint density at radius 1 is 0.878 bits per heavy atom. The average Bonchev–Trinajstić information content (AvgIpc) is 3.71. The standard InChI is InChI=1S/C34H42N6O/c1-22-10-13-27(14-11-22)40-32(19-30(35-40)34(41)39-28-15-16-29(39)21-36(4)20-28)25-12-17-31-33(18-25)38(26-8-6-7-9-26)24(3)23(2)37(31)5/h10-14,17-19,24,26,28-29H,2,6-9,15-16,20-21H2,1,3-5H3/t24-,28?,29?/m1/s1. The number of piperazine rings is 1. The van der Waals surface area contributed by atoms with Gasteiger partial charge in [-0.1, -0.05) is 43.2 Å². The molecule has 3 aromatic rings. The number of likely N-dealkylation sites (tertiary alicyclic amines) is 1. The summed E-state index contributed by atoms with van der Waals surface area (Å²) in [7, 11) is 4.29.